The van der Waals surface area contributed by atoms with Gasteiger partial charge in [-0.15, -0.1) is 0 Å². The molecule has 25 heavy (non-hydrogen) atoms. The summed E-state index contributed by atoms with van der Waals surface area (Å²) < 4.78 is 1.04. The Kier molecular flexibility index (Phi) is 5.59. The number of halogens is 1. The summed E-state index contributed by atoms with van der Waals surface area (Å²) in [5, 5.41) is 0. The molecule has 0 radical (unpaired) electrons. The lowest BCUT2D eigenvalue weighted by Gasteiger charge is -2.36. The van der Waals surface area contributed by atoms with E-state index in [9.17, 15) is 4.79 Å². The second kappa shape index (κ2) is 7.87. The van der Waals surface area contributed by atoms with Crippen LogP contribution in [0.3, 0.4) is 0 Å². The van der Waals surface area contributed by atoms with Gasteiger partial charge in [-0.05, 0) is 54.8 Å². The van der Waals surface area contributed by atoms with Crippen molar-refractivity contribution in [2.75, 3.05) is 31.1 Å². The third kappa shape index (κ3) is 4.31. The highest BCUT2D eigenvalue weighted by molar-refractivity contribution is 9.10. The molecule has 1 fully saturated rings. The van der Waals surface area contributed by atoms with Crippen molar-refractivity contribution in [1.82, 2.24) is 4.90 Å². The largest absolute Gasteiger partial charge is 0.368 e. The fourth-order valence-corrected chi connectivity index (χ4v) is 3.36. The summed E-state index contributed by atoms with van der Waals surface area (Å²) in [6.07, 6.45) is 3.56. The number of benzene rings is 2. The van der Waals surface area contributed by atoms with Crippen LogP contribution in [0.15, 0.2) is 53.0 Å². The standard InChI is InChI=1S/C21H23BrN2O/c1-16-4-3-5-20(17(16)2)23-12-14-24(15-13-23)21(25)11-8-18-6-9-19(22)10-7-18/h3-11H,12-15H2,1-2H3. The Morgan fingerprint density at radius 3 is 2.36 bits per heavy atom. The third-order valence-corrected chi connectivity index (χ3v) is 5.33. The van der Waals surface area contributed by atoms with Crippen LogP contribution in [0.5, 0.6) is 0 Å². The van der Waals surface area contributed by atoms with Gasteiger partial charge in [0.05, 0.1) is 0 Å². The van der Waals surface area contributed by atoms with Gasteiger partial charge in [-0.1, -0.05) is 40.2 Å². The minimum atomic E-state index is 0.0866. The summed E-state index contributed by atoms with van der Waals surface area (Å²) in [5.41, 5.74) is 4.97. The summed E-state index contributed by atoms with van der Waals surface area (Å²) >= 11 is 3.42. The van der Waals surface area contributed by atoms with E-state index in [0.29, 0.717) is 0 Å². The van der Waals surface area contributed by atoms with Crippen molar-refractivity contribution in [1.29, 1.82) is 0 Å². The van der Waals surface area contributed by atoms with Crippen LogP contribution < -0.4 is 4.90 Å². The Morgan fingerprint density at radius 2 is 1.68 bits per heavy atom. The fraction of sp³-hybridized carbons (Fsp3) is 0.286. The highest BCUT2D eigenvalue weighted by Gasteiger charge is 2.20. The Bertz CT molecular complexity index is 775. The van der Waals surface area contributed by atoms with Gasteiger partial charge in [0.25, 0.3) is 0 Å². The first-order valence-corrected chi connectivity index (χ1v) is 9.37. The lowest BCUT2D eigenvalue weighted by molar-refractivity contribution is -0.126. The maximum atomic E-state index is 12.4. The van der Waals surface area contributed by atoms with Crippen LogP contribution in [0.25, 0.3) is 6.08 Å². The van der Waals surface area contributed by atoms with E-state index in [1.165, 1.54) is 16.8 Å². The predicted molar refractivity (Wildman–Crippen MR) is 108 cm³/mol. The van der Waals surface area contributed by atoms with Crippen molar-refractivity contribution < 1.29 is 4.79 Å². The van der Waals surface area contributed by atoms with E-state index in [1.54, 1.807) is 6.08 Å². The van der Waals surface area contributed by atoms with Crippen molar-refractivity contribution in [2.24, 2.45) is 0 Å². The smallest absolute Gasteiger partial charge is 0.246 e. The van der Waals surface area contributed by atoms with Crippen LogP contribution in [0.1, 0.15) is 16.7 Å². The Balaban J connectivity index is 1.59. The molecule has 0 N–H and O–H groups in total. The molecule has 3 rings (SSSR count). The average Bonchev–Trinajstić information content (AvgIpc) is 2.63. The highest BCUT2D eigenvalue weighted by atomic mass is 79.9. The second-order valence-electron chi connectivity index (χ2n) is 6.42. The van der Waals surface area contributed by atoms with Gasteiger partial charge >= 0.3 is 0 Å². The topological polar surface area (TPSA) is 23.6 Å². The van der Waals surface area contributed by atoms with E-state index in [1.807, 2.05) is 35.2 Å². The highest BCUT2D eigenvalue weighted by Crippen LogP contribution is 2.24. The first-order chi connectivity index (χ1) is 12.0. The maximum absolute atomic E-state index is 12.4. The van der Waals surface area contributed by atoms with E-state index in [0.717, 1.165) is 36.2 Å². The molecule has 0 bridgehead atoms. The number of piperazine rings is 1. The van der Waals surface area contributed by atoms with Crippen molar-refractivity contribution in [3.8, 4) is 0 Å². The lowest BCUT2D eigenvalue weighted by atomic mass is 10.1. The zero-order valence-corrected chi connectivity index (χ0v) is 16.3. The molecule has 1 saturated heterocycles. The van der Waals surface area contributed by atoms with Crippen molar-refractivity contribution in [3.05, 3.63) is 69.7 Å². The van der Waals surface area contributed by atoms with Gasteiger partial charge in [-0.3, -0.25) is 4.79 Å². The van der Waals surface area contributed by atoms with Gasteiger partial charge in [0, 0.05) is 42.4 Å². The van der Waals surface area contributed by atoms with Gasteiger partial charge in [0.1, 0.15) is 0 Å². The zero-order chi connectivity index (χ0) is 17.8. The number of hydrogen-bond acceptors (Lipinski definition) is 2. The van der Waals surface area contributed by atoms with Gasteiger partial charge in [0.15, 0.2) is 0 Å². The van der Waals surface area contributed by atoms with Crippen LogP contribution in [0.2, 0.25) is 0 Å². The molecule has 2 aromatic rings. The molecule has 0 unspecified atom stereocenters. The van der Waals surface area contributed by atoms with Crippen LogP contribution >= 0.6 is 15.9 Å². The van der Waals surface area contributed by atoms with E-state index in [2.05, 4.69) is 52.9 Å². The summed E-state index contributed by atoms with van der Waals surface area (Å²) in [4.78, 5) is 16.7. The number of amides is 1. The van der Waals surface area contributed by atoms with Crippen LogP contribution in [-0.2, 0) is 4.79 Å². The minimum Gasteiger partial charge on any atom is -0.368 e. The number of anilines is 1. The number of hydrogen-bond donors (Lipinski definition) is 0. The number of rotatable bonds is 3. The number of nitrogens with zero attached hydrogens (tertiary/aromatic N) is 2. The van der Waals surface area contributed by atoms with Crippen molar-refractivity contribution in [3.63, 3.8) is 0 Å². The fourth-order valence-electron chi connectivity index (χ4n) is 3.09. The molecule has 1 aliphatic heterocycles. The average molecular weight is 399 g/mol. The molecule has 0 aromatic heterocycles. The molecule has 1 heterocycles. The molecular weight excluding hydrogens is 376 g/mol. The molecule has 2 aromatic carbocycles. The lowest BCUT2D eigenvalue weighted by Crippen LogP contribution is -2.48. The molecule has 0 atom stereocenters. The molecule has 3 nitrogen and oxygen atoms in total. The van der Waals surface area contributed by atoms with Crippen LogP contribution in [0.4, 0.5) is 5.69 Å². The first-order valence-electron chi connectivity index (χ1n) is 8.58. The second-order valence-corrected chi connectivity index (χ2v) is 7.33. The third-order valence-electron chi connectivity index (χ3n) is 4.80. The number of carbonyl (C=O) groups excluding carboxylic acids is 1. The van der Waals surface area contributed by atoms with Gasteiger partial charge in [-0.2, -0.15) is 0 Å². The molecule has 1 aliphatic rings. The van der Waals surface area contributed by atoms with Gasteiger partial charge < -0.3 is 9.80 Å². The predicted octanol–water partition coefficient (Wildman–Crippen LogP) is 4.43. The summed E-state index contributed by atoms with van der Waals surface area (Å²) in [5.74, 6) is 0.0866. The van der Waals surface area contributed by atoms with E-state index in [4.69, 9.17) is 0 Å². The minimum absolute atomic E-state index is 0.0866. The molecule has 4 heteroatoms. The van der Waals surface area contributed by atoms with E-state index < -0.39 is 0 Å². The Hall–Kier alpha value is -2.07. The maximum Gasteiger partial charge on any atom is 0.246 e. The zero-order valence-electron chi connectivity index (χ0n) is 14.7. The Labute approximate surface area is 158 Å². The summed E-state index contributed by atoms with van der Waals surface area (Å²) in [6.45, 7) is 7.59. The molecule has 0 aliphatic carbocycles. The summed E-state index contributed by atoms with van der Waals surface area (Å²) in [6, 6.07) is 14.4. The SMILES string of the molecule is Cc1cccc(N2CCN(C(=O)C=Cc3ccc(Br)cc3)CC2)c1C. The van der Waals surface area contributed by atoms with E-state index >= 15 is 0 Å². The molecule has 0 spiro atoms. The number of carbonyl (C=O) groups is 1. The van der Waals surface area contributed by atoms with Crippen molar-refractivity contribution >= 4 is 33.6 Å². The molecule has 1 amide bonds. The molecule has 130 valence electrons. The monoisotopic (exact) mass is 398 g/mol. The quantitative estimate of drug-likeness (QED) is 0.713. The summed E-state index contributed by atoms with van der Waals surface area (Å²) in [7, 11) is 0. The van der Waals surface area contributed by atoms with Gasteiger partial charge in [-0.25, -0.2) is 0 Å². The van der Waals surface area contributed by atoms with Gasteiger partial charge in [0.2, 0.25) is 5.91 Å². The first kappa shape index (κ1) is 17.7. The van der Waals surface area contributed by atoms with Crippen LogP contribution in [0, 0.1) is 13.8 Å². The normalized spacial score (nSPS) is 15.0. The Morgan fingerprint density at radius 1 is 1.00 bits per heavy atom. The van der Waals surface area contributed by atoms with Crippen LogP contribution in [-0.4, -0.2) is 37.0 Å². The number of aryl methyl sites for hydroxylation is 1. The van der Waals surface area contributed by atoms with E-state index in [-0.39, 0.29) is 5.91 Å². The molecular formula is C21H23BrN2O. The van der Waals surface area contributed by atoms with Crippen molar-refractivity contribution in [2.45, 2.75) is 13.8 Å². The molecule has 0 saturated carbocycles.